The number of piperidine rings is 2. The van der Waals surface area contributed by atoms with Gasteiger partial charge in [-0.25, -0.2) is 0 Å². The van der Waals surface area contributed by atoms with Crippen LogP contribution in [-0.2, 0) is 9.59 Å². The Morgan fingerprint density at radius 1 is 1.14 bits per heavy atom. The zero-order chi connectivity index (χ0) is 15.4. The van der Waals surface area contributed by atoms with Crippen LogP contribution in [0.4, 0.5) is 0 Å². The van der Waals surface area contributed by atoms with Gasteiger partial charge in [0.1, 0.15) is 0 Å². The Hall–Kier alpha value is -1.10. The summed E-state index contributed by atoms with van der Waals surface area (Å²) in [6.45, 7) is 6.77. The largest absolute Gasteiger partial charge is 0.356 e. The molecule has 4 rings (SSSR count). The number of likely N-dealkylation sites (tertiary alicyclic amines) is 1. The van der Waals surface area contributed by atoms with Crippen molar-refractivity contribution < 1.29 is 9.59 Å². The molecule has 2 amide bonds. The summed E-state index contributed by atoms with van der Waals surface area (Å²) in [6, 6.07) is 0. The highest BCUT2D eigenvalue weighted by Gasteiger charge is 2.68. The van der Waals surface area contributed by atoms with Gasteiger partial charge in [-0.2, -0.15) is 0 Å². The van der Waals surface area contributed by atoms with Crippen LogP contribution in [0.25, 0.3) is 0 Å². The Balaban J connectivity index is 1.40. The van der Waals surface area contributed by atoms with Gasteiger partial charge in [-0.3, -0.25) is 9.59 Å². The fourth-order valence-corrected chi connectivity index (χ4v) is 5.21. The second-order valence-corrected chi connectivity index (χ2v) is 8.28. The molecule has 3 heterocycles. The normalized spacial score (nSPS) is 35.7. The van der Waals surface area contributed by atoms with E-state index in [0.717, 1.165) is 64.8 Å². The van der Waals surface area contributed by atoms with Gasteiger partial charge in [0.05, 0.1) is 5.41 Å². The number of nitrogens with one attached hydrogen (secondary N) is 2. The van der Waals surface area contributed by atoms with Crippen molar-refractivity contribution in [3.05, 3.63) is 0 Å². The van der Waals surface area contributed by atoms with Gasteiger partial charge in [0, 0.05) is 26.1 Å². The summed E-state index contributed by atoms with van der Waals surface area (Å²) in [6.07, 6.45) is 5.96. The lowest BCUT2D eigenvalue weighted by Gasteiger charge is -2.40. The van der Waals surface area contributed by atoms with E-state index in [0.29, 0.717) is 12.3 Å². The molecular formula is C17H27N3O2. The molecule has 0 aromatic carbocycles. The van der Waals surface area contributed by atoms with Crippen LogP contribution in [0.2, 0.25) is 0 Å². The van der Waals surface area contributed by atoms with Crippen molar-refractivity contribution in [2.75, 3.05) is 32.7 Å². The highest BCUT2D eigenvalue weighted by atomic mass is 16.2. The first kappa shape index (κ1) is 14.5. The SMILES string of the molecule is CC1(C(=O)N2CCC3(CC2)CNC(=O)C3)CC12CCNCC2. The fourth-order valence-electron chi connectivity index (χ4n) is 5.21. The maximum absolute atomic E-state index is 13.0. The summed E-state index contributed by atoms with van der Waals surface area (Å²) in [5, 5.41) is 6.37. The smallest absolute Gasteiger partial charge is 0.229 e. The number of carbonyl (C=O) groups excluding carboxylic acids is 2. The second kappa shape index (κ2) is 4.70. The molecule has 1 atom stereocenters. The lowest BCUT2D eigenvalue weighted by Crippen LogP contribution is -2.47. The molecule has 22 heavy (non-hydrogen) atoms. The second-order valence-electron chi connectivity index (χ2n) is 8.28. The zero-order valence-electron chi connectivity index (χ0n) is 13.5. The topological polar surface area (TPSA) is 61.4 Å². The maximum Gasteiger partial charge on any atom is 0.229 e. The van der Waals surface area contributed by atoms with Gasteiger partial charge >= 0.3 is 0 Å². The first-order chi connectivity index (χ1) is 10.5. The van der Waals surface area contributed by atoms with Gasteiger partial charge in [-0.05, 0) is 56.0 Å². The lowest BCUT2D eigenvalue weighted by molar-refractivity contribution is -0.140. The molecule has 4 aliphatic rings. The highest BCUT2D eigenvalue weighted by molar-refractivity contribution is 5.87. The summed E-state index contributed by atoms with van der Waals surface area (Å²) in [7, 11) is 0. The van der Waals surface area contributed by atoms with Crippen molar-refractivity contribution in [2.45, 2.75) is 45.4 Å². The van der Waals surface area contributed by atoms with E-state index in [4.69, 9.17) is 0 Å². The molecule has 1 aliphatic carbocycles. The van der Waals surface area contributed by atoms with Crippen molar-refractivity contribution in [2.24, 2.45) is 16.2 Å². The molecule has 1 unspecified atom stereocenters. The standard InChI is InChI=1S/C17H27N3O2/c1-15(11-17(15)2-6-18-7-3-17)14(22)20-8-4-16(5-9-20)10-13(21)19-12-16/h18H,2-12H2,1H3,(H,19,21). The van der Waals surface area contributed by atoms with Gasteiger partial charge in [0.25, 0.3) is 0 Å². The van der Waals surface area contributed by atoms with E-state index in [2.05, 4.69) is 22.5 Å². The molecule has 0 radical (unpaired) electrons. The Labute approximate surface area is 132 Å². The van der Waals surface area contributed by atoms with E-state index >= 15 is 0 Å². The van der Waals surface area contributed by atoms with Crippen molar-refractivity contribution in [3.63, 3.8) is 0 Å². The third-order valence-corrected chi connectivity index (χ3v) is 7.08. The molecule has 5 nitrogen and oxygen atoms in total. The van der Waals surface area contributed by atoms with Crippen molar-refractivity contribution in [1.82, 2.24) is 15.5 Å². The third kappa shape index (κ3) is 2.01. The minimum Gasteiger partial charge on any atom is -0.356 e. The van der Waals surface area contributed by atoms with Gasteiger partial charge in [0.2, 0.25) is 11.8 Å². The molecule has 3 aliphatic heterocycles. The number of nitrogens with zero attached hydrogens (tertiary/aromatic N) is 1. The summed E-state index contributed by atoms with van der Waals surface area (Å²) < 4.78 is 0. The van der Waals surface area contributed by atoms with E-state index in [1.54, 1.807) is 0 Å². The van der Waals surface area contributed by atoms with Crippen LogP contribution in [-0.4, -0.2) is 49.4 Å². The average molecular weight is 305 g/mol. The Kier molecular flexibility index (Phi) is 3.09. The summed E-state index contributed by atoms with van der Waals surface area (Å²) in [4.78, 5) is 26.6. The molecule has 4 fully saturated rings. The Morgan fingerprint density at radius 3 is 2.41 bits per heavy atom. The number of hydrogen-bond acceptors (Lipinski definition) is 3. The van der Waals surface area contributed by atoms with E-state index in [9.17, 15) is 9.59 Å². The lowest BCUT2D eigenvalue weighted by atomic mass is 9.77. The summed E-state index contributed by atoms with van der Waals surface area (Å²) in [5.41, 5.74) is 0.281. The van der Waals surface area contributed by atoms with Crippen molar-refractivity contribution in [3.8, 4) is 0 Å². The van der Waals surface area contributed by atoms with Crippen molar-refractivity contribution in [1.29, 1.82) is 0 Å². The molecule has 122 valence electrons. The number of rotatable bonds is 1. The zero-order valence-corrected chi connectivity index (χ0v) is 13.5. The van der Waals surface area contributed by atoms with Crippen LogP contribution >= 0.6 is 0 Å². The van der Waals surface area contributed by atoms with Crippen LogP contribution in [0.1, 0.15) is 45.4 Å². The first-order valence-electron chi connectivity index (χ1n) is 8.76. The summed E-state index contributed by atoms with van der Waals surface area (Å²) in [5.74, 6) is 0.559. The molecule has 0 aromatic rings. The predicted octanol–water partition coefficient (Wildman–Crippen LogP) is 0.895. The first-order valence-corrected chi connectivity index (χ1v) is 8.76. The average Bonchev–Trinajstić information content (AvgIpc) is 2.92. The monoisotopic (exact) mass is 305 g/mol. The highest BCUT2D eigenvalue weighted by Crippen LogP contribution is 2.69. The number of carbonyl (C=O) groups is 2. The molecule has 0 aromatic heterocycles. The Morgan fingerprint density at radius 2 is 1.82 bits per heavy atom. The van der Waals surface area contributed by atoms with Gasteiger partial charge in [0.15, 0.2) is 0 Å². The van der Waals surface area contributed by atoms with E-state index in [-0.39, 0.29) is 22.2 Å². The number of amides is 2. The molecule has 2 spiro atoms. The van der Waals surface area contributed by atoms with Crippen LogP contribution in [0.5, 0.6) is 0 Å². The molecule has 2 N–H and O–H groups in total. The van der Waals surface area contributed by atoms with Crippen LogP contribution in [0, 0.1) is 16.2 Å². The van der Waals surface area contributed by atoms with E-state index in [1.807, 2.05) is 0 Å². The van der Waals surface area contributed by atoms with Gasteiger partial charge in [-0.15, -0.1) is 0 Å². The van der Waals surface area contributed by atoms with E-state index in [1.165, 1.54) is 0 Å². The summed E-state index contributed by atoms with van der Waals surface area (Å²) >= 11 is 0. The molecular weight excluding hydrogens is 278 g/mol. The van der Waals surface area contributed by atoms with Crippen molar-refractivity contribution >= 4 is 11.8 Å². The molecule has 5 heteroatoms. The molecule has 0 bridgehead atoms. The Bertz CT molecular complexity index is 504. The van der Waals surface area contributed by atoms with Crippen LogP contribution in [0.3, 0.4) is 0 Å². The predicted molar refractivity (Wildman–Crippen MR) is 83.1 cm³/mol. The quantitative estimate of drug-likeness (QED) is 0.756. The van der Waals surface area contributed by atoms with Gasteiger partial charge < -0.3 is 15.5 Å². The van der Waals surface area contributed by atoms with Crippen LogP contribution < -0.4 is 10.6 Å². The maximum atomic E-state index is 13.0. The third-order valence-electron chi connectivity index (χ3n) is 7.08. The minimum absolute atomic E-state index is 0.122. The van der Waals surface area contributed by atoms with Crippen LogP contribution in [0.15, 0.2) is 0 Å². The number of hydrogen-bond donors (Lipinski definition) is 2. The minimum atomic E-state index is -0.122. The fraction of sp³-hybridized carbons (Fsp3) is 0.882. The molecule has 1 saturated carbocycles. The van der Waals surface area contributed by atoms with Gasteiger partial charge in [-0.1, -0.05) is 6.92 Å². The van der Waals surface area contributed by atoms with E-state index < -0.39 is 0 Å². The molecule has 3 saturated heterocycles.